The summed E-state index contributed by atoms with van der Waals surface area (Å²) in [6.45, 7) is 4.01. The lowest BCUT2D eigenvalue weighted by Gasteiger charge is -2.19. The lowest BCUT2D eigenvalue weighted by molar-refractivity contribution is 0.0935. The average Bonchev–Trinajstić information content (AvgIpc) is 3.18. The Hall–Kier alpha value is -2.48. The molecule has 0 radical (unpaired) electrons. The number of carbonyl (C=O) groups is 1. The lowest BCUT2D eigenvalue weighted by atomic mass is 10.1. The number of aromatic nitrogens is 4. The quantitative estimate of drug-likeness (QED) is 0.661. The fourth-order valence-corrected chi connectivity index (χ4v) is 3.53. The number of benzene rings is 1. The van der Waals surface area contributed by atoms with Crippen molar-refractivity contribution < 1.29 is 9.18 Å². The van der Waals surface area contributed by atoms with Gasteiger partial charge in [0.05, 0.1) is 10.2 Å². The Labute approximate surface area is 159 Å². The molecule has 0 saturated heterocycles. The van der Waals surface area contributed by atoms with Crippen LogP contribution in [0.15, 0.2) is 41.1 Å². The van der Waals surface area contributed by atoms with E-state index >= 15 is 0 Å². The molecule has 0 bridgehead atoms. The summed E-state index contributed by atoms with van der Waals surface area (Å²) in [7, 11) is 1.82. The largest absolute Gasteiger partial charge is 0.337 e. The van der Waals surface area contributed by atoms with Gasteiger partial charge in [-0.25, -0.2) is 9.37 Å². The summed E-state index contributed by atoms with van der Waals surface area (Å²) in [5.41, 5.74) is 1.70. The number of hydrogen-bond donors (Lipinski definition) is 2. The Morgan fingerprint density at radius 1 is 1.38 bits per heavy atom. The summed E-state index contributed by atoms with van der Waals surface area (Å²) < 4.78 is 16.1. The minimum absolute atomic E-state index is 0.187. The summed E-state index contributed by atoms with van der Waals surface area (Å²) in [6.07, 6.45) is 3.41. The Morgan fingerprint density at radius 2 is 2.15 bits per heavy atom. The normalized spacial score (nSPS) is 12.4. The van der Waals surface area contributed by atoms with Crippen molar-refractivity contribution >= 4 is 21.8 Å². The third-order valence-electron chi connectivity index (χ3n) is 4.10. The van der Waals surface area contributed by atoms with Crippen molar-refractivity contribution in [2.75, 3.05) is 0 Å². The van der Waals surface area contributed by atoms with Crippen LogP contribution in [0, 0.1) is 5.82 Å². The molecule has 2 N–H and O–H groups in total. The van der Waals surface area contributed by atoms with Gasteiger partial charge in [0.1, 0.15) is 17.7 Å². The predicted molar refractivity (Wildman–Crippen MR) is 99.3 cm³/mol. The summed E-state index contributed by atoms with van der Waals surface area (Å²) >= 11 is 3.44. The number of amides is 1. The fraction of sp³-hybridized carbons (Fsp3) is 0.278. The number of aryl methyl sites for hydroxylation is 1. The minimum Gasteiger partial charge on any atom is -0.337 e. The zero-order chi connectivity index (χ0) is 18.8. The van der Waals surface area contributed by atoms with Gasteiger partial charge < -0.3 is 9.88 Å². The standard InChI is InChI=1S/C18H19BrFN5O/c1-10(2)14-13(19)16(24-23-14)18(26)22-15(17-21-7-8-25(17)3)11-5-4-6-12(20)9-11/h4-10,15H,1-3H3,(H,22,26)(H,23,24). The number of H-pyrrole nitrogens is 1. The summed E-state index contributed by atoms with van der Waals surface area (Å²) in [5, 5.41) is 9.92. The third-order valence-corrected chi connectivity index (χ3v) is 4.90. The Bertz CT molecular complexity index is 933. The van der Waals surface area contributed by atoms with Gasteiger partial charge in [-0.1, -0.05) is 26.0 Å². The highest BCUT2D eigenvalue weighted by Gasteiger charge is 2.25. The number of aromatic amines is 1. The van der Waals surface area contributed by atoms with Crippen molar-refractivity contribution in [3.8, 4) is 0 Å². The maximum absolute atomic E-state index is 13.7. The van der Waals surface area contributed by atoms with Gasteiger partial charge in [0.25, 0.3) is 5.91 Å². The number of halogens is 2. The molecule has 2 heterocycles. The fourth-order valence-electron chi connectivity index (χ4n) is 2.71. The van der Waals surface area contributed by atoms with Gasteiger partial charge in [0.2, 0.25) is 0 Å². The molecule has 0 aliphatic carbocycles. The van der Waals surface area contributed by atoms with E-state index in [2.05, 4.69) is 36.4 Å². The van der Waals surface area contributed by atoms with Crippen molar-refractivity contribution in [2.24, 2.45) is 7.05 Å². The van der Waals surface area contributed by atoms with Crippen LogP contribution in [0.4, 0.5) is 4.39 Å². The highest BCUT2D eigenvalue weighted by Crippen LogP contribution is 2.27. The van der Waals surface area contributed by atoms with E-state index in [0.717, 1.165) is 5.69 Å². The first-order valence-corrected chi connectivity index (χ1v) is 8.95. The Balaban J connectivity index is 1.96. The first kappa shape index (κ1) is 18.3. The monoisotopic (exact) mass is 419 g/mol. The van der Waals surface area contributed by atoms with Crippen LogP contribution in [0.25, 0.3) is 0 Å². The van der Waals surface area contributed by atoms with Crippen LogP contribution in [0.2, 0.25) is 0 Å². The second kappa shape index (κ2) is 7.41. The Kier molecular flexibility index (Phi) is 5.22. The SMILES string of the molecule is CC(C)c1[nH]nc(C(=O)NC(c2cccc(F)c2)c2nccn2C)c1Br. The molecule has 2 aromatic heterocycles. The number of hydrogen-bond acceptors (Lipinski definition) is 3. The maximum atomic E-state index is 13.7. The molecule has 0 saturated carbocycles. The van der Waals surface area contributed by atoms with Crippen LogP contribution >= 0.6 is 15.9 Å². The molecular formula is C18H19BrFN5O. The van der Waals surface area contributed by atoms with E-state index in [9.17, 15) is 9.18 Å². The second-order valence-electron chi connectivity index (χ2n) is 6.31. The van der Waals surface area contributed by atoms with Gasteiger partial charge >= 0.3 is 0 Å². The van der Waals surface area contributed by atoms with Crippen LogP contribution in [0.1, 0.15) is 53.4 Å². The van der Waals surface area contributed by atoms with Crippen molar-refractivity contribution in [3.63, 3.8) is 0 Å². The topological polar surface area (TPSA) is 75.6 Å². The Morgan fingerprint density at radius 3 is 2.73 bits per heavy atom. The van der Waals surface area contributed by atoms with Crippen molar-refractivity contribution in [1.82, 2.24) is 25.1 Å². The smallest absolute Gasteiger partial charge is 0.273 e. The van der Waals surface area contributed by atoms with E-state index in [1.807, 2.05) is 20.9 Å². The molecule has 3 aromatic rings. The van der Waals surface area contributed by atoms with Gasteiger partial charge in [-0.05, 0) is 39.5 Å². The zero-order valence-corrected chi connectivity index (χ0v) is 16.2. The van der Waals surface area contributed by atoms with Crippen molar-refractivity contribution in [2.45, 2.75) is 25.8 Å². The molecule has 1 aromatic carbocycles. The molecule has 0 aliphatic rings. The summed E-state index contributed by atoms with van der Waals surface area (Å²) in [5.74, 6) is 0.0305. The lowest BCUT2D eigenvalue weighted by Crippen LogP contribution is -2.31. The number of nitrogens with zero attached hydrogens (tertiary/aromatic N) is 3. The number of nitrogens with one attached hydrogen (secondary N) is 2. The number of rotatable bonds is 5. The molecule has 0 fully saturated rings. The molecule has 0 aliphatic heterocycles. The molecule has 1 unspecified atom stereocenters. The average molecular weight is 420 g/mol. The van der Waals surface area contributed by atoms with E-state index in [0.29, 0.717) is 15.9 Å². The highest BCUT2D eigenvalue weighted by atomic mass is 79.9. The molecule has 26 heavy (non-hydrogen) atoms. The van der Waals surface area contributed by atoms with E-state index in [1.165, 1.54) is 12.1 Å². The number of carbonyl (C=O) groups excluding carboxylic acids is 1. The molecule has 136 valence electrons. The number of imidazole rings is 1. The van der Waals surface area contributed by atoms with Gasteiger partial charge in [0, 0.05) is 19.4 Å². The molecule has 6 nitrogen and oxygen atoms in total. The van der Waals surface area contributed by atoms with Crippen LogP contribution in [0.5, 0.6) is 0 Å². The molecule has 0 spiro atoms. The molecule has 1 amide bonds. The maximum Gasteiger partial charge on any atom is 0.273 e. The van der Waals surface area contributed by atoms with Crippen LogP contribution < -0.4 is 5.32 Å². The van der Waals surface area contributed by atoms with Crippen LogP contribution in [-0.4, -0.2) is 25.7 Å². The third kappa shape index (κ3) is 3.55. The molecular weight excluding hydrogens is 401 g/mol. The zero-order valence-electron chi connectivity index (χ0n) is 14.6. The molecule has 8 heteroatoms. The minimum atomic E-state index is -0.607. The summed E-state index contributed by atoms with van der Waals surface area (Å²) in [6, 6.07) is 5.50. The van der Waals surface area contributed by atoms with E-state index < -0.39 is 6.04 Å². The molecule has 3 rings (SSSR count). The van der Waals surface area contributed by atoms with Gasteiger partial charge in [0.15, 0.2) is 5.69 Å². The first-order chi connectivity index (χ1) is 12.4. The van der Waals surface area contributed by atoms with Crippen LogP contribution in [0.3, 0.4) is 0 Å². The first-order valence-electron chi connectivity index (χ1n) is 8.15. The molecule has 1 atom stereocenters. The van der Waals surface area contributed by atoms with Crippen molar-refractivity contribution in [3.05, 3.63) is 69.7 Å². The van der Waals surface area contributed by atoms with Gasteiger partial charge in [-0.15, -0.1) is 0 Å². The highest BCUT2D eigenvalue weighted by molar-refractivity contribution is 9.10. The van der Waals surface area contributed by atoms with Gasteiger partial charge in [-0.3, -0.25) is 9.89 Å². The van der Waals surface area contributed by atoms with E-state index in [-0.39, 0.29) is 23.3 Å². The van der Waals surface area contributed by atoms with E-state index in [1.54, 1.807) is 29.1 Å². The van der Waals surface area contributed by atoms with Crippen LogP contribution in [-0.2, 0) is 7.05 Å². The van der Waals surface area contributed by atoms with Crippen molar-refractivity contribution in [1.29, 1.82) is 0 Å². The van der Waals surface area contributed by atoms with Gasteiger partial charge in [-0.2, -0.15) is 5.10 Å². The summed E-state index contributed by atoms with van der Waals surface area (Å²) in [4.78, 5) is 17.1. The predicted octanol–water partition coefficient (Wildman–Crippen LogP) is 3.69. The van der Waals surface area contributed by atoms with E-state index in [4.69, 9.17) is 0 Å². The second-order valence-corrected chi connectivity index (χ2v) is 7.11.